The van der Waals surface area contributed by atoms with Gasteiger partial charge in [-0.15, -0.1) is 0 Å². The summed E-state index contributed by atoms with van der Waals surface area (Å²) in [5.41, 5.74) is 3.35. The summed E-state index contributed by atoms with van der Waals surface area (Å²) in [6.45, 7) is 6.91. The van der Waals surface area contributed by atoms with Crippen LogP contribution < -0.4 is 10.6 Å². The average Bonchev–Trinajstić information content (AvgIpc) is 2.86. The van der Waals surface area contributed by atoms with E-state index in [1.807, 2.05) is 12.1 Å². The first-order valence-electron chi connectivity index (χ1n) is 6.85. The zero-order chi connectivity index (χ0) is 13.0. The van der Waals surface area contributed by atoms with Crippen LogP contribution in [-0.4, -0.2) is 12.5 Å². The van der Waals surface area contributed by atoms with E-state index in [-0.39, 0.29) is 5.91 Å². The first-order chi connectivity index (χ1) is 8.74. The van der Waals surface area contributed by atoms with Crippen molar-refractivity contribution in [2.45, 2.75) is 39.8 Å². The Balaban J connectivity index is 1.97. The van der Waals surface area contributed by atoms with Crippen LogP contribution in [0, 0.1) is 5.92 Å². The lowest BCUT2D eigenvalue weighted by molar-refractivity contribution is 0.0946. The van der Waals surface area contributed by atoms with Gasteiger partial charge in [0, 0.05) is 25.2 Å². The quantitative estimate of drug-likeness (QED) is 0.838. The molecular weight excluding hydrogens is 224 g/mol. The summed E-state index contributed by atoms with van der Waals surface area (Å²) in [6, 6.07) is 5.99. The fourth-order valence-electron chi connectivity index (χ4n) is 2.35. The molecule has 0 spiro atoms. The fourth-order valence-corrected chi connectivity index (χ4v) is 2.35. The Hall–Kier alpha value is -1.35. The van der Waals surface area contributed by atoms with E-state index in [0.29, 0.717) is 5.92 Å². The normalized spacial score (nSPS) is 13.7. The molecule has 2 rings (SSSR count). The number of carbonyl (C=O) groups is 1. The summed E-state index contributed by atoms with van der Waals surface area (Å²) < 4.78 is 0. The monoisotopic (exact) mass is 246 g/mol. The number of hydrogen-bond donors (Lipinski definition) is 2. The molecule has 1 aromatic rings. The summed E-state index contributed by atoms with van der Waals surface area (Å²) in [4.78, 5) is 12.0. The molecule has 1 aromatic carbocycles. The standard InChI is InChI=1S/C15H22N2O/c1-3-11(4-2)8-17-15(18)12-5-6-13-9-16-10-14(13)7-12/h5-7,11,16H,3-4,8-10H2,1-2H3,(H,17,18). The molecule has 0 saturated heterocycles. The van der Waals surface area contributed by atoms with Crippen molar-refractivity contribution in [3.05, 3.63) is 34.9 Å². The van der Waals surface area contributed by atoms with Crippen LogP contribution in [0.15, 0.2) is 18.2 Å². The maximum absolute atomic E-state index is 12.0. The highest BCUT2D eigenvalue weighted by molar-refractivity contribution is 5.94. The van der Waals surface area contributed by atoms with E-state index in [9.17, 15) is 4.79 Å². The molecule has 0 bridgehead atoms. The Morgan fingerprint density at radius 3 is 2.72 bits per heavy atom. The van der Waals surface area contributed by atoms with Crippen molar-refractivity contribution in [1.82, 2.24) is 10.6 Å². The van der Waals surface area contributed by atoms with E-state index in [1.54, 1.807) is 0 Å². The minimum atomic E-state index is 0.0524. The minimum absolute atomic E-state index is 0.0524. The van der Waals surface area contributed by atoms with Crippen LogP contribution in [0.25, 0.3) is 0 Å². The Bertz CT molecular complexity index is 425. The summed E-state index contributed by atoms with van der Waals surface area (Å²) in [6.07, 6.45) is 2.23. The molecule has 18 heavy (non-hydrogen) atoms. The van der Waals surface area contributed by atoms with E-state index in [0.717, 1.165) is 38.0 Å². The van der Waals surface area contributed by atoms with E-state index >= 15 is 0 Å². The first-order valence-corrected chi connectivity index (χ1v) is 6.85. The molecule has 1 aliphatic heterocycles. The third kappa shape index (κ3) is 2.91. The van der Waals surface area contributed by atoms with Crippen molar-refractivity contribution in [3.8, 4) is 0 Å². The van der Waals surface area contributed by atoms with Gasteiger partial charge in [0.25, 0.3) is 5.91 Å². The van der Waals surface area contributed by atoms with Gasteiger partial charge in [-0.05, 0) is 29.2 Å². The number of benzene rings is 1. The third-order valence-electron chi connectivity index (χ3n) is 3.81. The number of fused-ring (bicyclic) bond motifs is 1. The number of nitrogens with one attached hydrogen (secondary N) is 2. The largest absolute Gasteiger partial charge is 0.352 e. The molecule has 1 aliphatic rings. The summed E-state index contributed by atoms with van der Waals surface area (Å²) in [7, 11) is 0. The molecule has 3 nitrogen and oxygen atoms in total. The number of rotatable bonds is 5. The first kappa shape index (κ1) is 13.1. The smallest absolute Gasteiger partial charge is 0.251 e. The average molecular weight is 246 g/mol. The van der Waals surface area contributed by atoms with Crippen LogP contribution in [0.2, 0.25) is 0 Å². The summed E-state index contributed by atoms with van der Waals surface area (Å²) in [5, 5.41) is 6.32. The van der Waals surface area contributed by atoms with Crippen LogP contribution in [0.4, 0.5) is 0 Å². The van der Waals surface area contributed by atoms with Crippen LogP contribution in [0.5, 0.6) is 0 Å². The Labute approximate surface area is 109 Å². The van der Waals surface area contributed by atoms with Gasteiger partial charge < -0.3 is 10.6 Å². The highest BCUT2D eigenvalue weighted by Gasteiger charge is 2.14. The predicted molar refractivity (Wildman–Crippen MR) is 73.4 cm³/mol. The molecular formula is C15H22N2O. The van der Waals surface area contributed by atoms with Crippen molar-refractivity contribution in [2.24, 2.45) is 5.92 Å². The zero-order valence-electron chi connectivity index (χ0n) is 11.3. The van der Waals surface area contributed by atoms with E-state index in [4.69, 9.17) is 0 Å². The zero-order valence-corrected chi connectivity index (χ0v) is 11.3. The second-order valence-corrected chi connectivity index (χ2v) is 4.98. The lowest BCUT2D eigenvalue weighted by Gasteiger charge is -2.13. The summed E-state index contributed by atoms with van der Waals surface area (Å²) >= 11 is 0. The maximum Gasteiger partial charge on any atom is 0.251 e. The summed E-state index contributed by atoms with van der Waals surface area (Å²) in [5.74, 6) is 0.640. The van der Waals surface area contributed by atoms with Gasteiger partial charge in [0.1, 0.15) is 0 Å². The molecule has 0 aromatic heterocycles. The van der Waals surface area contributed by atoms with E-state index < -0.39 is 0 Å². The van der Waals surface area contributed by atoms with Gasteiger partial charge in [0.2, 0.25) is 0 Å². The van der Waals surface area contributed by atoms with Gasteiger partial charge in [-0.25, -0.2) is 0 Å². The molecule has 98 valence electrons. The van der Waals surface area contributed by atoms with Crippen molar-refractivity contribution in [3.63, 3.8) is 0 Å². The molecule has 1 amide bonds. The van der Waals surface area contributed by atoms with Gasteiger partial charge in [0.05, 0.1) is 0 Å². The lowest BCUT2D eigenvalue weighted by atomic mass is 10.0. The van der Waals surface area contributed by atoms with Crippen molar-refractivity contribution >= 4 is 5.91 Å². The lowest BCUT2D eigenvalue weighted by Crippen LogP contribution is -2.29. The SMILES string of the molecule is CCC(CC)CNC(=O)c1ccc2c(c1)CNC2. The van der Waals surface area contributed by atoms with Crippen molar-refractivity contribution in [1.29, 1.82) is 0 Å². The Morgan fingerprint density at radius 2 is 2.00 bits per heavy atom. The Morgan fingerprint density at radius 1 is 1.28 bits per heavy atom. The van der Waals surface area contributed by atoms with E-state index in [2.05, 4.69) is 30.5 Å². The number of carbonyl (C=O) groups excluding carboxylic acids is 1. The van der Waals surface area contributed by atoms with Gasteiger partial charge in [-0.2, -0.15) is 0 Å². The predicted octanol–water partition coefficient (Wildman–Crippen LogP) is 2.46. The van der Waals surface area contributed by atoms with Gasteiger partial charge in [-0.1, -0.05) is 32.8 Å². The van der Waals surface area contributed by atoms with Gasteiger partial charge >= 0.3 is 0 Å². The molecule has 2 N–H and O–H groups in total. The molecule has 0 saturated carbocycles. The van der Waals surface area contributed by atoms with Crippen LogP contribution in [0.3, 0.4) is 0 Å². The molecule has 0 aliphatic carbocycles. The fraction of sp³-hybridized carbons (Fsp3) is 0.533. The van der Waals surface area contributed by atoms with Crippen molar-refractivity contribution < 1.29 is 4.79 Å². The highest BCUT2D eigenvalue weighted by Crippen LogP contribution is 2.17. The van der Waals surface area contributed by atoms with Crippen molar-refractivity contribution in [2.75, 3.05) is 6.54 Å². The second kappa shape index (κ2) is 6.01. The second-order valence-electron chi connectivity index (χ2n) is 4.98. The molecule has 0 atom stereocenters. The van der Waals surface area contributed by atoms with Gasteiger partial charge in [-0.3, -0.25) is 4.79 Å². The third-order valence-corrected chi connectivity index (χ3v) is 3.81. The molecule has 1 heterocycles. The minimum Gasteiger partial charge on any atom is -0.352 e. The topological polar surface area (TPSA) is 41.1 Å². The number of hydrogen-bond acceptors (Lipinski definition) is 2. The molecule has 0 unspecified atom stereocenters. The van der Waals surface area contributed by atoms with Gasteiger partial charge in [0.15, 0.2) is 0 Å². The van der Waals surface area contributed by atoms with Crippen LogP contribution in [-0.2, 0) is 13.1 Å². The molecule has 3 heteroatoms. The number of amides is 1. The highest BCUT2D eigenvalue weighted by atomic mass is 16.1. The van der Waals surface area contributed by atoms with E-state index in [1.165, 1.54) is 11.1 Å². The van der Waals surface area contributed by atoms with Crippen LogP contribution in [0.1, 0.15) is 48.2 Å². The molecule has 0 radical (unpaired) electrons. The Kier molecular flexibility index (Phi) is 4.37. The van der Waals surface area contributed by atoms with Crippen LogP contribution >= 0.6 is 0 Å². The maximum atomic E-state index is 12.0. The molecule has 0 fully saturated rings.